The van der Waals surface area contributed by atoms with Gasteiger partial charge < -0.3 is 4.74 Å². The van der Waals surface area contributed by atoms with Gasteiger partial charge in [0.15, 0.2) is 0 Å². The Morgan fingerprint density at radius 3 is 2.81 bits per heavy atom. The second-order valence-corrected chi connectivity index (χ2v) is 5.87. The number of hydrogen-bond acceptors (Lipinski definition) is 3. The average Bonchev–Trinajstić information content (AvgIpc) is 2.55. The minimum Gasteiger partial charge on any atom is -0.381 e. The van der Waals surface area contributed by atoms with Crippen molar-refractivity contribution in [1.82, 2.24) is 9.88 Å². The first-order valence-electron chi connectivity index (χ1n) is 7.99. The van der Waals surface area contributed by atoms with Crippen LogP contribution >= 0.6 is 0 Å². The molecule has 0 radical (unpaired) electrons. The first-order valence-corrected chi connectivity index (χ1v) is 7.99. The van der Waals surface area contributed by atoms with Crippen LogP contribution in [0.4, 0.5) is 0 Å². The molecule has 0 amide bonds. The Balaban J connectivity index is 1.72. The van der Waals surface area contributed by atoms with E-state index in [9.17, 15) is 0 Å². The van der Waals surface area contributed by atoms with E-state index in [0.717, 1.165) is 37.7 Å². The van der Waals surface area contributed by atoms with Crippen LogP contribution in [0.1, 0.15) is 25.3 Å². The van der Waals surface area contributed by atoms with Crippen molar-refractivity contribution in [3.05, 3.63) is 42.1 Å². The van der Waals surface area contributed by atoms with E-state index >= 15 is 0 Å². The SMILES string of the molecule is CCN(Cc1ccnc2ccccc12)CC1CCOCC1. The second kappa shape index (κ2) is 7.01. The number of fused-ring (bicyclic) bond motifs is 1. The standard InChI is InChI=1S/C18H24N2O/c1-2-20(13-15-8-11-21-12-9-15)14-16-7-10-19-18-6-4-3-5-17(16)18/h3-7,10,15H,2,8-9,11-14H2,1H3. The Morgan fingerprint density at radius 2 is 2.00 bits per heavy atom. The third-order valence-corrected chi connectivity index (χ3v) is 4.44. The van der Waals surface area contributed by atoms with Gasteiger partial charge in [-0.1, -0.05) is 25.1 Å². The summed E-state index contributed by atoms with van der Waals surface area (Å²) in [6, 6.07) is 10.6. The summed E-state index contributed by atoms with van der Waals surface area (Å²) < 4.78 is 5.46. The lowest BCUT2D eigenvalue weighted by molar-refractivity contribution is 0.0522. The zero-order chi connectivity index (χ0) is 14.5. The third kappa shape index (κ3) is 3.60. The van der Waals surface area contributed by atoms with Crippen molar-refractivity contribution in [2.75, 3.05) is 26.3 Å². The number of benzene rings is 1. The average molecular weight is 284 g/mol. The van der Waals surface area contributed by atoms with Crippen molar-refractivity contribution in [3.63, 3.8) is 0 Å². The fourth-order valence-corrected chi connectivity index (χ4v) is 3.13. The molecule has 112 valence electrons. The monoisotopic (exact) mass is 284 g/mol. The summed E-state index contributed by atoms with van der Waals surface area (Å²) in [4.78, 5) is 7.01. The molecular weight excluding hydrogens is 260 g/mol. The molecule has 0 bridgehead atoms. The van der Waals surface area contributed by atoms with Crippen molar-refractivity contribution in [1.29, 1.82) is 0 Å². The van der Waals surface area contributed by atoms with E-state index in [4.69, 9.17) is 4.74 Å². The van der Waals surface area contributed by atoms with Crippen LogP contribution < -0.4 is 0 Å². The number of para-hydroxylation sites is 1. The van der Waals surface area contributed by atoms with Crippen LogP contribution in [-0.4, -0.2) is 36.2 Å². The quantitative estimate of drug-likeness (QED) is 0.840. The molecule has 0 aliphatic carbocycles. The minimum absolute atomic E-state index is 0.784. The number of ether oxygens (including phenoxy) is 1. The lowest BCUT2D eigenvalue weighted by atomic mass is 9.99. The number of hydrogen-bond donors (Lipinski definition) is 0. The molecule has 3 nitrogen and oxygen atoms in total. The Bertz CT molecular complexity index is 573. The molecule has 0 saturated carbocycles. The van der Waals surface area contributed by atoms with E-state index in [0.29, 0.717) is 0 Å². The van der Waals surface area contributed by atoms with Crippen LogP contribution in [0.15, 0.2) is 36.5 Å². The van der Waals surface area contributed by atoms with Crippen LogP contribution in [0.5, 0.6) is 0 Å². The molecule has 1 fully saturated rings. The van der Waals surface area contributed by atoms with Gasteiger partial charge in [0.05, 0.1) is 5.52 Å². The smallest absolute Gasteiger partial charge is 0.0705 e. The number of rotatable bonds is 5. The summed E-state index contributed by atoms with van der Waals surface area (Å²) in [5.41, 5.74) is 2.48. The van der Waals surface area contributed by atoms with Gasteiger partial charge in [0.25, 0.3) is 0 Å². The van der Waals surface area contributed by atoms with E-state index in [1.54, 1.807) is 0 Å². The van der Waals surface area contributed by atoms with Crippen LogP contribution in [0.3, 0.4) is 0 Å². The molecule has 2 heterocycles. The molecule has 0 spiro atoms. The third-order valence-electron chi connectivity index (χ3n) is 4.44. The molecule has 1 aliphatic rings. The fraction of sp³-hybridized carbons (Fsp3) is 0.500. The van der Waals surface area contributed by atoms with E-state index in [2.05, 4.69) is 47.1 Å². The Kier molecular flexibility index (Phi) is 4.84. The predicted octanol–water partition coefficient (Wildman–Crippen LogP) is 3.48. The van der Waals surface area contributed by atoms with Crippen LogP contribution in [0.25, 0.3) is 10.9 Å². The van der Waals surface area contributed by atoms with Crippen LogP contribution in [0.2, 0.25) is 0 Å². The summed E-state index contributed by atoms with van der Waals surface area (Å²) in [6.07, 6.45) is 4.33. The van der Waals surface area contributed by atoms with Gasteiger partial charge in [0.1, 0.15) is 0 Å². The predicted molar refractivity (Wildman–Crippen MR) is 86.2 cm³/mol. The van der Waals surface area contributed by atoms with Crippen molar-refractivity contribution in [2.24, 2.45) is 5.92 Å². The number of pyridine rings is 1. The highest BCUT2D eigenvalue weighted by molar-refractivity contribution is 5.81. The van der Waals surface area contributed by atoms with Gasteiger partial charge in [-0.3, -0.25) is 9.88 Å². The summed E-state index contributed by atoms with van der Waals surface area (Å²) in [7, 11) is 0. The van der Waals surface area contributed by atoms with Gasteiger partial charge in [-0.05, 0) is 43.0 Å². The van der Waals surface area contributed by atoms with E-state index in [1.165, 1.54) is 30.3 Å². The maximum atomic E-state index is 5.46. The molecule has 2 aromatic rings. The van der Waals surface area contributed by atoms with E-state index in [-0.39, 0.29) is 0 Å². The van der Waals surface area contributed by atoms with Crippen LogP contribution in [-0.2, 0) is 11.3 Å². The molecule has 1 saturated heterocycles. The van der Waals surface area contributed by atoms with Gasteiger partial charge in [0.2, 0.25) is 0 Å². The maximum Gasteiger partial charge on any atom is 0.0705 e. The van der Waals surface area contributed by atoms with E-state index < -0.39 is 0 Å². The highest BCUT2D eigenvalue weighted by atomic mass is 16.5. The molecule has 0 N–H and O–H groups in total. The van der Waals surface area contributed by atoms with Crippen LogP contribution in [0, 0.1) is 5.92 Å². The fourth-order valence-electron chi connectivity index (χ4n) is 3.13. The lowest BCUT2D eigenvalue weighted by Crippen LogP contribution is -2.32. The van der Waals surface area contributed by atoms with Crippen molar-refractivity contribution in [2.45, 2.75) is 26.3 Å². The zero-order valence-electron chi connectivity index (χ0n) is 12.8. The molecular formula is C18H24N2O. The minimum atomic E-state index is 0.784. The Hall–Kier alpha value is -1.45. The van der Waals surface area contributed by atoms with Crippen molar-refractivity contribution in [3.8, 4) is 0 Å². The summed E-state index contributed by atoms with van der Waals surface area (Å²) >= 11 is 0. The Labute approximate surface area is 126 Å². The highest BCUT2D eigenvalue weighted by Crippen LogP contribution is 2.21. The van der Waals surface area contributed by atoms with Gasteiger partial charge >= 0.3 is 0 Å². The molecule has 1 aromatic carbocycles. The zero-order valence-corrected chi connectivity index (χ0v) is 12.8. The molecule has 21 heavy (non-hydrogen) atoms. The molecule has 3 heteroatoms. The lowest BCUT2D eigenvalue weighted by Gasteiger charge is -2.29. The van der Waals surface area contributed by atoms with Gasteiger partial charge in [-0.2, -0.15) is 0 Å². The number of nitrogens with zero attached hydrogens (tertiary/aromatic N) is 2. The second-order valence-electron chi connectivity index (χ2n) is 5.87. The largest absolute Gasteiger partial charge is 0.381 e. The van der Waals surface area contributed by atoms with Crippen molar-refractivity contribution >= 4 is 10.9 Å². The normalized spacial score (nSPS) is 16.7. The Morgan fingerprint density at radius 1 is 1.19 bits per heavy atom. The highest BCUT2D eigenvalue weighted by Gasteiger charge is 2.17. The first kappa shape index (κ1) is 14.5. The van der Waals surface area contributed by atoms with Gasteiger partial charge in [0, 0.05) is 37.9 Å². The number of aromatic nitrogens is 1. The molecule has 0 atom stereocenters. The summed E-state index contributed by atoms with van der Waals surface area (Å²) in [5, 5.41) is 1.28. The summed E-state index contributed by atoms with van der Waals surface area (Å²) in [5.74, 6) is 0.784. The maximum absolute atomic E-state index is 5.46. The first-order chi connectivity index (χ1) is 10.4. The van der Waals surface area contributed by atoms with Crippen molar-refractivity contribution < 1.29 is 4.74 Å². The topological polar surface area (TPSA) is 25.4 Å². The van der Waals surface area contributed by atoms with E-state index in [1.807, 2.05) is 6.20 Å². The molecule has 3 rings (SSSR count). The molecule has 1 aromatic heterocycles. The summed E-state index contributed by atoms with van der Waals surface area (Å²) in [6.45, 7) is 7.39. The van der Waals surface area contributed by atoms with Gasteiger partial charge in [-0.25, -0.2) is 0 Å². The molecule has 1 aliphatic heterocycles. The molecule has 0 unspecified atom stereocenters. The van der Waals surface area contributed by atoms with Gasteiger partial charge in [-0.15, -0.1) is 0 Å².